The highest BCUT2D eigenvalue weighted by Crippen LogP contribution is 2.20. The van der Waals surface area contributed by atoms with E-state index in [2.05, 4.69) is 11.4 Å². The Morgan fingerprint density at radius 3 is 2.56 bits per heavy atom. The molecule has 0 unspecified atom stereocenters. The van der Waals surface area contributed by atoms with Gasteiger partial charge in [-0.05, 0) is 47.0 Å². The van der Waals surface area contributed by atoms with Crippen molar-refractivity contribution < 1.29 is 19.4 Å². The summed E-state index contributed by atoms with van der Waals surface area (Å²) in [6, 6.07) is 20.6. The second-order valence-electron chi connectivity index (χ2n) is 6.24. The molecule has 0 aliphatic rings. The molecule has 3 aromatic rings. The predicted molar refractivity (Wildman–Crippen MR) is 104 cm³/mol. The van der Waals surface area contributed by atoms with E-state index < -0.39 is 5.97 Å². The summed E-state index contributed by atoms with van der Waals surface area (Å²) in [5, 5.41) is 14.1. The van der Waals surface area contributed by atoms with Crippen molar-refractivity contribution >= 4 is 22.6 Å². The molecule has 2 N–H and O–H groups in total. The average molecular weight is 363 g/mol. The molecule has 0 atom stereocenters. The van der Waals surface area contributed by atoms with Gasteiger partial charge in [0.25, 0.3) is 0 Å². The summed E-state index contributed by atoms with van der Waals surface area (Å²) in [5.41, 5.74) is 0.973. The third-order valence-corrected chi connectivity index (χ3v) is 4.20. The molecule has 3 aromatic carbocycles. The highest BCUT2D eigenvalue weighted by molar-refractivity contribution is 5.87. The normalized spacial score (nSPS) is 10.5. The van der Waals surface area contributed by atoms with Crippen LogP contribution in [0, 0.1) is 0 Å². The number of ether oxygens (including phenoxy) is 1. The van der Waals surface area contributed by atoms with E-state index in [1.165, 1.54) is 6.07 Å². The maximum Gasteiger partial charge on any atom is 0.335 e. The van der Waals surface area contributed by atoms with Crippen molar-refractivity contribution in [3.05, 3.63) is 77.9 Å². The minimum atomic E-state index is -0.978. The first-order chi connectivity index (χ1) is 13.1. The average Bonchev–Trinajstić information content (AvgIpc) is 2.69. The van der Waals surface area contributed by atoms with E-state index in [0.29, 0.717) is 26.0 Å². The number of benzene rings is 3. The number of carbonyl (C=O) groups is 2. The molecule has 0 saturated carbocycles. The van der Waals surface area contributed by atoms with Gasteiger partial charge in [-0.1, -0.05) is 42.5 Å². The van der Waals surface area contributed by atoms with Crippen LogP contribution in [0.4, 0.5) is 0 Å². The molecule has 0 fully saturated rings. The topological polar surface area (TPSA) is 75.6 Å². The Hall–Kier alpha value is -3.34. The smallest absolute Gasteiger partial charge is 0.335 e. The minimum absolute atomic E-state index is 0.0853. The van der Waals surface area contributed by atoms with Gasteiger partial charge < -0.3 is 15.2 Å². The predicted octanol–water partition coefficient (Wildman–Crippen LogP) is 4.01. The fourth-order valence-corrected chi connectivity index (χ4v) is 2.78. The van der Waals surface area contributed by atoms with Gasteiger partial charge in [0.2, 0.25) is 5.91 Å². The van der Waals surface area contributed by atoms with Gasteiger partial charge in [-0.25, -0.2) is 4.79 Å². The van der Waals surface area contributed by atoms with Gasteiger partial charge in [-0.15, -0.1) is 0 Å². The van der Waals surface area contributed by atoms with Gasteiger partial charge in [0.15, 0.2) is 0 Å². The third-order valence-electron chi connectivity index (χ3n) is 4.20. The minimum Gasteiger partial charge on any atom is -0.494 e. The summed E-state index contributed by atoms with van der Waals surface area (Å²) in [4.78, 5) is 22.9. The van der Waals surface area contributed by atoms with Gasteiger partial charge in [-0.3, -0.25) is 4.79 Å². The zero-order valence-electron chi connectivity index (χ0n) is 14.9. The first kappa shape index (κ1) is 18.5. The van der Waals surface area contributed by atoms with Crippen molar-refractivity contribution in [3.63, 3.8) is 0 Å². The van der Waals surface area contributed by atoms with Crippen LogP contribution >= 0.6 is 0 Å². The molecule has 1 amide bonds. The molecule has 0 aliphatic heterocycles. The molecule has 138 valence electrons. The lowest BCUT2D eigenvalue weighted by Gasteiger charge is -2.08. The molecule has 0 radical (unpaired) electrons. The van der Waals surface area contributed by atoms with E-state index in [0.717, 1.165) is 22.1 Å². The number of hydrogen-bond acceptors (Lipinski definition) is 3. The molecule has 0 bridgehead atoms. The van der Waals surface area contributed by atoms with Crippen molar-refractivity contribution in [1.29, 1.82) is 0 Å². The van der Waals surface area contributed by atoms with Gasteiger partial charge >= 0.3 is 5.97 Å². The summed E-state index contributed by atoms with van der Waals surface area (Å²) in [7, 11) is 0. The zero-order chi connectivity index (χ0) is 19.1. The van der Waals surface area contributed by atoms with Gasteiger partial charge in [0.1, 0.15) is 5.75 Å². The monoisotopic (exact) mass is 363 g/mol. The number of carboxylic acids is 1. The van der Waals surface area contributed by atoms with Crippen molar-refractivity contribution in [1.82, 2.24) is 5.32 Å². The molecule has 0 aromatic heterocycles. The molecular weight excluding hydrogens is 342 g/mol. The molecule has 0 heterocycles. The number of carbonyl (C=O) groups excluding carboxylic acids is 1. The van der Waals surface area contributed by atoms with Crippen LogP contribution in [-0.2, 0) is 11.3 Å². The molecule has 0 saturated heterocycles. The van der Waals surface area contributed by atoms with E-state index in [9.17, 15) is 9.59 Å². The van der Waals surface area contributed by atoms with E-state index in [-0.39, 0.29) is 11.5 Å². The number of aromatic carboxylic acids is 1. The lowest BCUT2D eigenvalue weighted by molar-refractivity contribution is -0.121. The lowest BCUT2D eigenvalue weighted by atomic mass is 10.1. The van der Waals surface area contributed by atoms with Crippen LogP contribution in [0.2, 0.25) is 0 Å². The van der Waals surface area contributed by atoms with Gasteiger partial charge in [0.05, 0.1) is 12.2 Å². The van der Waals surface area contributed by atoms with Crippen LogP contribution in [0.5, 0.6) is 5.75 Å². The molecule has 3 rings (SSSR count). The highest BCUT2D eigenvalue weighted by Gasteiger charge is 2.05. The summed E-state index contributed by atoms with van der Waals surface area (Å²) < 4.78 is 5.72. The van der Waals surface area contributed by atoms with E-state index in [1.54, 1.807) is 18.2 Å². The second-order valence-corrected chi connectivity index (χ2v) is 6.24. The van der Waals surface area contributed by atoms with Crippen LogP contribution in [0.3, 0.4) is 0 Å². The van der Waals surface area contributed by atoms with E-state index >= 15 is 0 Å². The van der Waals surface area contributed by atoms with Gasteiger partial charge in [0, 0.05) is 13.0 Å². The molecule has 5 heteroatoms. The number of amides is 1. The molecular formula is C22H21NO4. The number of hydrogen-bond donors (Lipinski definition) is 2. The summed E-state index contributed by atoms with van der Waals surface area (Å²) in [6.45, 7) is 0.770. The Morgan fingerprint density at radius 2 is 1.74 bits per heavy atom. The first-order valence-electron chi connectivity index (χ1n) is 8.82. The maximum absolute atomic E-state index is 11.9. The van der Waals surface area contributed by atoms with Crippen LogP contribution in [-0.4, -0.2) is 23.6 Å². The van der Waals surface area contributed by atoms with Crippen LogP contribution in [0.1, 0.15) is 28.8 Å². The number of nitrogens with one attached hydrogen (secondary N) is 1. The van der Waals surface area contributed by atoms with E-state index in [1.807, 2.05) is 36.4 Å². The third kappa shape index (κ3) is 5.31. The van der Waals surface area contributed by atoms with Crippen LogP contribution in [0.25, 0.3) is 10.8 Å². The lowest BCUT2D eigenvalue weighted by Crippen LogP contribution is -2.23. The summed E-state index contributed by atoms with van der Waals surface area (Å²) in [5.74, 6) is -0.272. The second kappa shape index (κ2) is 8.85. The summed E-state index contributed by atoms with van der Waals surface area (Å²) >= 11 is 0. The Bertz CT molecular complexity index is 952. The number of rotatable bonds is 8. The molecule has 27 heavy (non-hydrogen) atoms. The Morgan fingerprint density at radius 1 is 0.926 bits per heavy atom. The van der Waals surface area contributed by atoms with E-state index in [4.69, 9.17) is 9.84 Å². The Balaban J connectivity index is 1.40. The quantitative estimate of drug-likeness (QED) is 0.593. The first-order valence-corrected chi connectivity index (χ1v) is 8.82. The Labute approximate surface area is 157 Å². The standard InChI is InChI=1S/C22H21NO4/c24-21(23-15-16-5-3-8-19(13-16)22(25)26)9-4-12-27-20-11-10-17-6-1-2-7-18(17)14-20/h1-3,5-8,10-11,13-14H,4,9,12,15H2,(H,23,24)(H,25,26). The largest absolute Gasteiger partial charge is 0.494 e. The van der Waals surface area contributed by atoms with Gasteiger partial charge in [-0.2, -0.15) is 0 Å². The molecule has 0 aliphatic carbocycles. The SMILES string of the molecule is O=C(CCCOc1ccc2ccccc2c1)NCc1cccc(C(=O)O)c1. The van der Waals surface area contributed by atoms with Crippen LogP contribution in [0.15, 0.2) is 66.7 Å². The Kier molecular flexibility index (Phi) is 6.05. The fraction of sp³-hybridized carbons (Fsp3) is 0.182. The van der Waals surface area contributed by atoms with Crippen LogP contribution < -0.4 is 10.1 Å². The van der Waals surface area contributed by atoms with Crippen molar-refractivity contribution in [2.75, 3.05) is 6.61 Å². The molecule has 0 spiro atoms. The number of fused-ring (bicyclic) bond motifs is 1. The van der Waals surface area contributed by atoms with Crippen molar-refractivity contribution in [2.24, 2.45) is 0 Å². The fourth-order valence-electron chi connectivity index (χ4n) is 2.78. The molecule has 5 nitrogen and oxygen atoms in total. The zero-order valence-corrected chi connectivity index (χ0v) is 14.9. The van der Waals surface area contributed by atoms with Crippen molar-refractivity contribution in [3.8, 4) is 5.75 Å². The summed E-state index contributed by atoms with van der Waals surface area (Å²) in [6.07, 6.45) is 0.958. The highest BCUT2D eigenvalue weighted by atomic mass is 16.5. The number of carboxylic acid groups (broad SMARTS) is 1. The maximum atomic E-state index is 11.9. The van der Waals surface area contributed by atoms with Crippen molar-refractivity contribution in [2.45, 2.75) is 19.4 Å².